The number of hydrogen-bond acceptors (Lipinski definition) is 6. The second-order valence-electron chi connectivity index (χ2n) is 6.04. The molecule has 0 aliphatic rings. The molecule has 0 fully saturated rings. The first-order valence-corrected chi connectivity index (χ1v) is 9.55. The number of carbonyl (C=O) groups is 1. The third-order valence-electron chi connectivity index (χ3n) is 4.19. The summed E-state index contributed by atoms with van der Waals surface area (Å²) in [6, 6.07) is 14.8. The number of anilines is 1. The molecule has 8 heteroatoms. The van der Waals surface area contributed by atoms with Crippen molar-refractivity contribution >= 4 is 23.4 Å². The summed E-state index contributed by atoms with van der Waals surface area (Å²) in [5.74, 6) is 2.03. The number of thioether (sulfide) groups is 1. The summed E-state index contributed by atoms with van der Waals surface area (Å²) in [4.78, 5) is 12.5. The molecule has 1 heterocycles. The van der Waals surface area contributed by atoms with Crippen LogP contribution in [0.15, 0.2) is 53.7 Å². The van der Waals surface area contributed by atoms with Crippen LogP contribution >= 0.6 is 11.8 Å². The molecule has 0 aliphatic carbocycles. The Morgan fingerprint density at radius 2 is 1.79 bits per heavy atom. The van der Waals surface area contributed by atoms with Gasteiger partial charge in [-0.25, -0.2) is 0 Å². The van der Waals surface area contributed by atoms with Crippen LogP contribution in [0.5, 0.6) is 11.5 Å². The van der Waals surface area contributed by atoms with Crippen LogP contribution in [0, 0.1) is 0 Å². The Hall–Kier alpha value is -3.00. The minimum atomic E-state index is -0.351. The lowest BCUT2D eigenvalue weighted by Crippen LogP contribution is -2.22. The van der Waals surface area contributed by atoms with Crippen molar-refractivity contribution in [3.63, 3.8) is 0 Å². The van der Waals surface area contributed by atoms with Gasteiger partial charge in [-0.2, -0.15) is 0 Å². The van der Waals surface area contributed by atoms with Crippen LogP contribution < -0.4 is 14.8 Å². The van der Waals surface area contributed by atoms with E-state index in [1.54, 1.807) is 38.5 Å². The molecule has 0 radical (unpaired) electrons. The number of para-hydroxylation sites is 1. The van der Waals surface area contributed by atoms with Crippen molar-refractivity contribution in [2.24, 2.45) is 7.05 Å². The van der Waals surface area contributed by atoms with Crippen molar-refractivity contribution in [1.29, 1.82) is 0 Å². The van der Waals surface area contributed by atoms with Crippen molar-refractivity contribution < 1.29 is 14.3 Å². The average molecular weight is 398 g/mol. The Kier molecular flexibility index (Phi) is 6.20. The highest BCUT2D eigenvalue weighted by atomic mass is 32.2. The number of ether oxygens (including phenoxy) is 2. The third kappa shape index (κ3) is 4.28. The maximum absolute atomic E-state index is 12.5. The maximum Gasteiger partial charge on any atom is 0.237 e. The highest BCUT2D eigenvalue weighted by Crippen LogP contribution is 2.31. The van der Waals surface area contributed by atoms with Crippen LogP contribution in [0.25, 0.3) is 11.4 Å². The maximum atomic E-state index is 12.5. The van der Waals surface area contributed by atoms with Gasteiger partial charge in [-0.05, 0) is 43.3 Å². The molecule has 0 aliphatic heterocycles. The highest BCUT2D eigenvalue weighted by Gasteiger charge is 2.20. The topological polar surface area (TPSA) is 78.3 Å². The lowest BCUT2D eigenvalue weighted by atomic mass is 10.2. The molecular formula is C20H22N4O3S. The van der Waals surface area contributed by atoms with Gasteiger partial charge in [0.1, 0.15) is 11.5 Å². The first-order chi connectivity index (χ1) is 13.5. The van der Waals surface area contributed by atoms with E-state index in [4.69, 9.17) is 9.47 Å². The molecule has 1 atom stereocenters. The van der Waals surface area contributed by atoms with Crippen LogP contribution in [0.4, 0.5) is 5.69 Å². The quantitative estimate of drug-likeness (QED) is 0.613. The molecule has 1 aromatic heterocycles. The Balaban J connectivity index is 1.71. The van der Waals surface area contributed by atoms with Crippen molar-refractivity contribution in [3.05, 3.63) is 48.5 Å². The van der Waals surface area contributed by atoms with Gasteiger partial charge in [0.25, 0.3) is 0 Å². The van der Waals surface area contributed by atoms with Gasteiger partial charge in [0.15, 0.2) is 11.0 Å². The Morgan fingerprint density at radius 3 is 2.46 bits per heavy atom. The smallest absolute Gasteiger partial charge is 0.237 e. The van der Waals surface area contributed by atoms with Crippen LogP contribution in [-0.4, -0.2) is 40.1 Å². The Morgan fingerprint density at radius 1 is 1.07 bits per heavy atom. The van der Waals surface area contributed by atoms with Crippen molar-refractivity contribution in [2.45, 2.75) is 17.3 Å². The first-order valence-electron chi connectivity index (χ1n) is 8.68. The van der Waals surface area contributed by atoms with E-state index in [2.05, 4.69) is 15.5 Å². The predicted octanol–water partition coefficient (Wildman–Crippen LogP) is 3.62. The summed E-state index contributed by atoms with van der Waals surface area (Å²) in [7, 11) is 5.10. The van der Waals surface area contributed by atoms with E-state index < -0.39 is 0 Å². The van der Waals surface area contributed by atoms with Crippen LogP contribution in [-0.2, 0) is 11.8 Å². The molecule has 0 spiro atoms. The number of methoxy groups -OCH3 is 2. The van der Waals surface area contributed by atoms with Gasteiger partial charge in [-0.1, -0.05) is 23.9 Å². The average Bonchev–Trinajstić information content (AvgIpc) is 3.08. The zero-order chi connectivity index (χ0) is 20.1. The molecule has 0 saturated carbocycles. The molecule has 1 unspecified atom stereocenters. The second kappa shape index (κ2) is 8.79. The van der Waals surface area contributed by atoms with Crippen LogP contribution in [0.1, 0.15) is 6.92 Å². The number of amides is 1. The minimum absolute atomic E-state index is 0.114. The number of hydrogen-bond donors (Lipinski definition) is 1. The lowest BCUT2D eigenvalue weighted by Gasteiger charge is -2.12. The third-order valence-corrected chi connectivity index (χ3v) is 5.33. The Bertz CT molecular complexity index is 956. The fraction of sp³-hybridized carbons (Fsp3) is 0.250. The number of benzene rings is 2. The summed E-state index contributed by atoms with van der Waals surface area (Å²) in [6.45, 7) is 1.83. The van der Waals surface area contributed by atoms with Crippen molar-refractivity contribution in [1.82, 2.24) is 14.8 Å². The molecule has 1 amide bonds. The lowest BCUT2D eigenvalue weighted by molar-refractivity contribution is -0.115. The van der Waals surface area contributed by atoms with E-state index in [1.165, 1.54) is 11.8 Å². The summed E-state index contributed by atoms with van der Waals surface area (Å²) in [5.41, 5.74) is 1.56. The van der Waals surface area contributed by atoms with E-state index in [0.717, 1.165) is 17.1 Å². The molecular weight excluding hydrogens is 376 g/mol. The molecule has 2 aromatic carbocycles. The number of nitrogens with zero attached hydrogens (tertiary/aromatic N) is 3. The molecule has 28 heavy (non-hydrogen) atoms. The van der Waals surface area contributed by atoms with E-state index in [0.29, 0.717) is 16.7 Å². The molecule has 3 aromatic rings. The van der Waals surface area contributed by atoms with Crippen LogP contribution in [0.2, 0.25) is 0 Å². The van der Waals surface area contributed by atoms with E-state index in [9.17, 15) is 4.79 Å². The summed E-state index contributed by atoms with van der Waals surface area (Å²) in [6.07, 6.45) is 0. The molecule has 146 valence electrons. The molecule has 7 nitrogen and oxygen atoms in total. The molecule has 0 bridgehead atoms. The molecule has 3 rings (SSSR count). The molecule has 1 N–H and O–H groups in total. The van der Waals surface area contributed by atoms with E-state index in [1.807, 2.05) is 42.8 Å². The van der Waals surface area contributed by atoms with Crippen molar-refractivity contribution in [3.8, 4) is 22.9 Å². The number of aromatic nitrogens is 3. The number of rotatable bonds is 7. The second-order valence-corrected chi connectivity index (χ2v) is 7.35. The highest BCUT2D eigenvalue weighted by molar-refractivity contribution is 8.00. The van der Waals surface area contributed by atoms with E-state index in [-0.39, 0.29) is 11.2 Å². The van der Waals surface area contributed by atoms with Gasteiger partial charge in [0.2, 0.25) is 5.91 Å². The summed E-state index contributed by atoms with van der Waals surface area (Å²) >= 11 is 1.35. The largest absolute Gasteiger partial charge is 0.497 e. The van der Waals surface area contributed by atoms with Gasteiger partial charge >= 0.3 is 0 Å². The van der Waals surface area contributed by atoms with Crippen LogP contribution in [0.3, 0.4) is 0 Å². The summed E-state index contributed by atoms with van der Waals surface area (Å²) in [5, 5.41) is 11.7. The molecule has 0 saturated heterocycles. The zero-order valence-electron chi connectivity index (χ0n) is 16.2. The SMILES string of the molecule is COc1ccc(NC(=O)C(C)Sc2nnc(-c3ccccc3OC)n2C)cc1. The van der Waals surface area contributed by atoms with Gasteiger partial charge in [0.05, 0.1) is 25.0 Å². The summed E-state index contributed by atoms with van der Waals surface area (Å²) < 4.78 is 12.4. The van der Waals surface area contributed by atoms with Gasteiger partial charge in [0, 0.05) is 12.7 Å². The zero-order valence-corrected chi connectivity index (χ0v) is 17.0. The Labute approximate surface area is 168 Å². The van der Waals surface area contributed by atoms with Crippen molar-refractivity contribution in [2.75, 3.05) is 19.5 Å². The minimum Gasteiger partial charge on any atom is -0.497 e. The number of carbonyl (C=O) groups excluding carboxylic acids is 1. The van der Waals surface area contributed by atoms with Gasteiger partial charge < -0.3 is 19.4 Å². The standard InChI is InChI=1S/C20H22N4O3S/c1-13(19(25)21-14-9-11-15(26-3)12-10-14)28-20-23-22-18(24(20)2)16-7-5-6-8-17(16)27-4/h5-13H,1-4H3,(H,21,25). The van der Waals surface area contributed by atoms with Gasteiger partial charge in [-0.3, -0.25) is 4.79 Å². The predicted molar refractivity (Wildman–Crippen MR) is 110 cm³/mol. The number of nitrogens with one attached hydrogen (secondary N) is 1. The fourth-order valence-corrected chi connectivity index (χ4v) is 3.43. The first kappa shape index (κ1) is 19.8. The monoisotopic (exact) mass is 398 g/mol. The van der Waals surface area contributed by atoms with E-state index >= 15 is 0 Å². The normalized spacial score (nSPS) is 11.7. The van der Waals surface area contributed by atoms with Gasteiger partial charge in [-0.15, -0.1) is 10.2 Å². The fourth-order valence-electron chi connectivity index (χ4n) is 2.61.